The van der Waals surface area contributed by atoms with Crippen LogP contribution < -0.4 is 9.47 Å². The van der Waals surface area contributed by atoms with Gasteiger partial charge in [0.05, 0.1) is 37.2 Å². The second-order valence-corrected chi connectivity index (χ2v) is 13.4. The second kappa shape index (κ2) is 13.3. The van der Waals surface area contributed by atoms with Crippen molar-refractivity contribution >= 4 is 11.9 Å². The van der Waals surface area contributed by atoms with Gasteiger partial charge in [0.1, 0.15) is 5.76 Å². The Bertz CT molecular complexity index is 1240. The van der Waals surface area contributed by atoms with Crippen LogP contribution in [0.5, 0.6) is 11.5 Å². The lowest BCUT2D eigenvalue weighted by atomic mass is 9.77. The zero-order valence-corrected chi connectivity index (χ0v) is 26.7. The first-order valence-electron chi connectivity index (χ1n) is 16.3. The Labute approximate surface area is 260 Å². The summed E-state index contributed by atoms with van der Waals surface area (Å²) in [6, 6.07) is 4.02. The van der Waals surface area contributed by atoms with E-state index in [1.54, 1.807) is 21.0 Å². The number of hydrogen-bond donors (Lipinski definition) is 2. The summed E-state index contributed by atoms with van der Waals surface area (Å²) in [6.07, 6.45) is 8.23. The predicted molar refractivity (Wildman–Crippen MR) is 162 cm³/mol. The number of benzene rings is 1. The molecular formula is C34H49NO9. The Morgan fingerprint density at radius 1 is 1.07 bits per heavy atom. The molecule has 2 N–H and O–H groups in total. The van der Waals surface area contributed by atoms with Crippen LogP contribution in [0.4, 0.5) is 0 Å². The van der Waals surface area contributed by atoms with Gasteiger partial charge in [-0.3, -0.25) is 9.69 Å². The minimum Gasteiger partial charge on any atom is -0.497 e. The summed E-state index contributed by atoms with van der Waals surface area (Å²) in [6.45, 7) is 7.46. The Hall–Kier alpha value is -2.82. The average Bonchev–Trinajstić information content (AvgIpc) is 3.67. The fourth-order valence-corrected chi connectivity index (χ4v) is 7.28. The predicted octanol–water partition coefficient (Wildman–Crippen LogP) is 4.53. The van der Waals surface area contributed by atoms with Gasteiger partial charge < -0.3 is 33.9 Å². The van der Waals surface area contributed by atoms with E-state index >= 15 is 0 Å². The van der Waals surface area contributed by atoms with Gasteiger partial charge in [0.25, 0.3) is 0 Å². The highest BCUT2D eigenvalue weighted by atomic mass is 16.7. The van der Waals surface area contributed by atoms with E-state index < -0.39 is 41.2 Å². The van der Waals surface area contributed by atoms with Crippen molar-refractivity contribution in [3.8, 4) is 11.5 Å². The van der Waals surface area contributed by atoms with Crippen molar-refractivity contribution < 1.29 is 43.5 Å². The molecule has 1 spiro atoms. The fraction of sp³-hybridized carbons (Fsp3) is 0.706. The molecule has 1 saturated heterocycles. The lowest BCUT2D eigenvalue weighted by Gasteiger charge is -2.39. The first kappa shape index (κ1) is 32.6. The lowest BCUT2D eigenvalue weighted by Crippen LogP contribution is -2.49. The van der Waals surface area contributed by atoms with Gasteiger partial charge >= 0.3 is 11.9 Å². The van der Waals surface area contributed by atoms with E-state index in [-0.39, 0.29) is 32.2 Å². The Balaban J connectivity index is 1.41. The van der Waals surface area contributed by atoms with Crippen LogP contribution in [-0.4, -0.2) is 83.5 Å². The van der Waals surface area contributed by atoms with E-state index in [0.717, 1.165) is 75.6 Å². The highest BCUT2D eigenvalue weighted by Crippen LogP contribution is 2.55. The number of methoxy groups -OCH3 is 1. The van der Waals surface area contributed by atoms with Crippen molar-refractivity contribution in [3.63, 3.8) is 0 Å². The van der Waals surface area contributed by atoms with E-state index in [0.29, 0.717) is 17.3 Å². The third-order valence-electron chi connectivity index (χ3n) is 9.68. The molecule has 10 nitrogen and oxygen atoms in total. The number of fused-ring (bicyclic) bond motifs is 3. The Morgan fingerprint density at radius 2 is 1.82 bits per heavy atom. The third kappa shape index (κ3) is 6.72. The molecule has 4 atom stereocenters. The molecule has 1 fully saturated rings. The van der Waals surface area contributed by atoms with E-state index in [4.69, 9.17) is 23.7 Å². The zero-order chi connectivity index (χ0) is 31.5. The molecule has 0 aromatic heterocycles. The second-order valence-electron chi connectivity index (χ2n) is 13.4. The van der Waals surface area contributed by atoms with Crippen LogP contribution in [0.1, 0.15) is 102 Å². The summed E-state index contributed by atoms with van der Waals surface area (Å²) >= 11 is 0. The van der Waals surface area contributed by atoms with Crippen LogP contribution in [0.2, 0.25) is 0 Å². The van der Waals surface area contributed by atoms with Crippen molar-refractivity contribution in [1.29, 1.82) is 0 Å². The van der Waals surface area contributed by atoms with Gasteiger partial charge in [0, 0.05) is 6.54 Å². The molecule has 0 unspecified atom stereocenters. The average molecular weight is 616 g/mol. The topological polar surface area (TPSA) is 124 Å². The fourth-order valence-electron chi connectivity index (χ4n) is 7.28. The van der Waals surface area contributed by atoms with Crippen LogP contribution in [0, 0.1) is 0 Å². The van der Waals surface area contributed by atoms with Gasteiger partial charge in [-0.1, -0.05) is 32.6 Å². The number of carbonyl (C=O) groups excluding carboxylic acids is 2. The summed E-state index contributed by atoms with van der Waals surface area (Å²) in [5.74, 6) is -0.0420. The number of esters is 2. The summed E-state index contributed by atoms with van der Waals surface area (Å²) in [5.41, 5.74) is -1.69. The van der Waals surface area contributed by atoms with Gasteiger partial charge in [0.15, 0.2) is 23.2 Å². The summed E-state index contributed by atoms with van der Waals surface area (Å²) in [7, 11) is 1.56. The maximum Gasteiger partial charge on any atom is 0.339 e. The van der Waals surface area contributed by atoms with Gasteiger partial charge in [0.2, 0.25) is 6.79 Å². The first-order chi connectivity index (χ1) is 21.0. The molecule has 1 aromatic rings. The summed E-state index contributed by atoms with van der Waals surface area (Å²) in [5, 5.41) is 22.2. The maximum absolute atomic E-state index is 14.0. The molecule has 0 amide bonds. The highest BCUT2D eigenvalue weighted by Gasteiger charge is 2.59. The third-order valence-corrected chi connectivity index (χ3v) is 9.68. The highest BCUT2D eigenvalue weighted by molar-refractivity contribution is 5.86. The van der Waals surface area contributed by atoms with Crippen molar-refractivity contribution in [1.82, 2.24) is 4.90 Å². The van der Waals surface area contributed by atoms with Gasteiger partial charge in [-0.2, -0.15) is 0 Å². The number of ether oxygens (including phenoxy) is 5. The number of carbonyl (C=O) groups is 2. The lowest BCUT2D eigenvalue weighted by molar-refractivity contribution is -0.180. The molecule has 1 aromatic carbocycles. The van der Waals surface area contributed by atoms with Crippen LogP contribution in [0.15, 0.2) is 24.0 Å². The summed E-state index contributed by atoms with van der Waals surface area (Å²) < 4.78 is 29.0. The smallest absolute Gasteiger partial charge is 0.339 e. The normalized spacial score (nSPS) is 25.3. The quantitative estimate of drug-likeness (QED) is 0.228. The van der Waals surface area contributed by atoms with Gasteiger partial charge in [-0.25, -0.2) is 4.79 Å². The molecule has 3 aliphatic heterocycles. The maximum atomic E-state index is 14.0. The minimum absolute atomic E-state index is 0.0774. The number of rotatable bonds is 14. The standard InChI is InChI=1S/C34H49NO9/c1-5-6-7-8-9-17-41-28(36)21-34(39,14-13-32(2,3)38)31(37)44-30-27(40-4)20-33-12-10-15-35(33)16-11-23-18-25-26(43-22-42-25)19-24(23)29(30)33/h18-20,29-30,38-39H,5-17,21-22H2,1-4H3/t29-,30-,33+,34-/m1/s1. The van der Waals surface area contributed by atoms with Crippen LogP contribution >= 0.6 is 0 Å². The first-order valence-corrected chi connectivity index (χ1v) is 16.3. The van der Waals surface area contributed by atoms with E-state index in [1.807, 2.05) is 12.1 Å². The van der Waals surface area contributed by atoms with Crippen molar-refractivity contribution in [2.24, 2.45) is 0 Å². The zero-order valence-electron chi connectivity index (χ0n) is 26.7. The monoisotopic (exact) mass is 615 g/mol. The van der Waals surface area contributed by atoms with Crippen molar-refractivity contribution in [2.45, 2.75) is 120 Å². The molecule has 10 heteroatoms. The van der Waals surface area contributed by atoms with Crippen molar-refractivity contribution in [3.05, 3.63) is 35.1 Å². The SMILES string of the molecule is CCCCCCCOC(=O)C[C@](O)(CCC(C)(C)O)C(=O)O[C@@H]1C(OC)=C[C@]23CCCN2CCc2cc4c(cc2[C@H]13)OCO4. The molecule has 244 valence electrons. The van der Waals surface area contributed by atoms with Gasteiger partial charge in [-0.05, 0) is 88.3 Å². The molecular weight excluding hydrogens is 566 g/mol. The molecule has 5 rings (SSSR count). The minimum atomic E-state index is -2.19. The van der Waals surface area contributed by atoms with E-state index in [2.05, 4.69) is 17.9 Å². The molecule has 0 bridgehead atoms. The molecule has 0 saturated carbocycles. The number of aliphatic hydroxyl groups is 2. The largest absolute Gasteiger partial charge is 0.497 e. The van der Waals surface area contributed by atoms with Crippen LogP contribution in [-0.2, 0) is 30.2 Å². The van der Waals surface area contributed by atoms with E-state index in [1.165, 1.54) is 0 Å². The van der Waals surface area contributed by atoms with Gasteiger partial charge in [-0.15, -0.1) is 0 Å². The molecule has 1 aliphatic carbocycles. The van der Waals surface area contributed by atoms with E-state index in [9.17, 15) is 19.8 Å². The number of nitrogens with zero attached hydrogens (tertiary/aromatic N) is 1. The molecule has 4 aliphatic rings. The Kier molecular flexibility index (Phi) is 9.82. The molecule has 44 heavy (non-hydrogen) atoms. The van der Waals surface area contributed by atoms with Crippen molar-refractivity contribution in [2.75, 3.05) is 33.6 Å². The summed E-state index contributed by atoms with van der Waals surface area (Å²) in [4.78, 5) is 29.4. The number of unbranched alkanes of at least 4 members (excludes halogenated alkanes) is 4. The Morgan fingerprint density at radius 3 is 2.55 bits per heavy atom. The number of hydrogen-bond acceptors (Lipinski definition) is 10. The molecule has 3 heterocycles. The molecule has 0 radical (unpaired) electrons. The van der Waals surface area contributed by atoms with Crippen LogP contribution in [0.3, 0.4) is 0 Å². The van der Waals surface area contributed by atoms with Crippen LogP contribution in [0.25, 0.3) is 0 Å².